The van der Waals surface area contributed by atoms with Crippen molar-refractivity contribution in [2.75, 3.05) is 27.2 Å². The lowest BCUT2D eigenvalue weighted by Crippen LogP contribution is -2.47. The summed E-state index contributed by atoms with van der Waals surface area (Å²) in [7, 11) is 4.40. The molecule has 1 aliphatic heterocycles. The summed E-state index contributed by atoms with van der Waals surface area (Å²) in [5.74, 6) is 0.744. The van der Waals surface area contributed by atoms with Gasteiger partial charge in [-0.15, -0.1) is 0 Å². The molecule has 0 bridgehead atoms. The molecule has 0 aliphatic carbocycles. The lowest BCUT2D eigenvalue weighted by Gasteiger charge is -2.38. The topological polar surface area (TPSA) is 6.48 Å². The molecule has 2 heteroatoms. The molecular formula is C13H26N2. The second-order valence-corrected chi connectivity index (χ2v) is 5.71. The molecule has 15 heavy (non-hydrogen) atoms. The van der Waals surface area contributed by atoms with Gasteiger partial charge in [0.15, 0.2) is 0 Å². The summed E-state index contributed by atoms with van der Waals surface area (Å²) in [6, 6.07) is 0. The van der Waals surface area contributed by atoms with Gasteiger partial charge in [-0.1, -0.05) is 20.4 Å². The van der Waals surface area contributed by atoms with E-state index in [0.717, 1.165) is 18.9 Å². The van der Waals surface area contributed by atoms with Crippen LogP contribution in [0.2, 0.25) is 0 Å². The predicted octanol–water partition coefficient (Wildman–Crippen LogP) is 2.57. The van der Waals surface area contributed by atoms with Crippen LogP contribution in [0.3, 0.4) is 0 Å². The highest BCUT2D eigenvalue weighted by molar-refractivity contribution is 5.09. The van der Waals surface area contributed by atoms with Crippen molar-refractivity contribution in [1.29, 1.82) is 0 Å². The van der Waals surface area contributed by atoms with Crippen LogP contribution in [0.15, 0.2) is 12.3 Å². The van der Waals surface area contributed by atoms with Crippen molar-refractivity contribution in [3.63, 3.8) is 0 Å². The van der Waals surface area contributed by atoms with E-state index >= 15 is 0 Å². The molecule has 0 unspecified atom stereocenters. The van der Waals surface area contributed by atoms with Crippen LogP contribution in [-0.4, -0.2) is 42.5 Å². The molecule has 1 aliphatic rings. The SMILES string of the molecule is C=C1CC[C@](C)(CN(C)CC(C)C)N1C. The molecule has 0 radical (unpaired) electrons. The van der Waals surface area contributed by atoms with Gasteiger partial charge in [0.05, 0.1) is 0 Å². The molecule has 1 fully saturated rings. The summed E-state index contributed by atoms with van der Waals surface area (Å²) in [4.78, 5) is 4.81. The zero-order valence-electron chi connectivity index (χ0n) is 11.0. The number of nitrogens with zero attached hydrogens (tertiary/aromatic N) is 2. The fraction of sp³-hybridized carbons (Fsp3) is 0.846. The molecule has 2 nitrogen and oxygen atoms in total. The van der Waals surface area contributed by atoms with E-state index in [1.165, 1.54) is 18.7 Å². The minimum atomic E-state index is 0.292. The predicted molar refractivity (Wildman–Crippen MR) is 66.9 cm³/mol. The van der Waals surface area contributed by atoms with Crippen LogP contribution < -0.4 is 0 Å². The Morgan fingerprint density at radius 1 is 1.53 bits per heavy atom. The molecule has 1 atom stereocenters. The minimum Gasteiger partial charge on any atom is -0.372 e. The van der Waals surface area contributed by atoms with Gasteiger partial charge in [-0.05, 0) is 32.7 Å². The van der Waals surface area contributed by atoms with E-state index in [1.807, 2.05) is 0 Å². The Morgan fingerprint density at radius 3 is 2.53 bits per heavy atom. The second kappa shape index (κ2) is 4.56. The third kappa shape index (κ3) is 2.97. The maximum absolute atomic E-state index is 4.11. The summed E-state index contributed by atoms with van der Waals surface area (Å²) in [5.41, 5.74) is 1.58. The average Bonchev–Trinajstić information content (AvgIpc) is 2.32. The largest absolute Gasteiger partial charge is 0.372 e. The summed E-state index contributed by atoms with van der Waals surface area (Å²) < 4.78 is 0. The zero-order chi connectivity index (χ0) is 11.6. The van der Waals surface area contributed by atoms with Crippen molar-refractivity contribution in [2.45, 2.75) is 39.2 Å². The van der Waals surface area contributed by atoms with Crippen molar-refractivity contribution in [2.24, 2.45) is 5.92 Å². The summed E-state index contributed by atoms with van der Waals surface area (Å²) in [5, 5.41) is 0. The minimum absolute atomic E-state index is 0.292. The number of likely N-dealkylation sites (tertiary alicyclic amines) is 1. The van der Waals surface area contributed by atoms with Crippen molar-refractivity contribution >= 4 is 0 Å². The fourth-order valence-corrected chi connectivity index (χ4v) is 2.59. The molecule has 1 rings (SSSR count). The van der Waals surface area contributed by atoms with Gasteiger partial charge in [-0.2, -0.15) is 0 Å². The molecule has 0 aromatic carbocycles. The number of hydrogen-bond donors (Lipinski definition) is 0. The van der Waals surface area contributed by atoms with E-state index in [0.29, 0.717) is 5.54 Å². The van der Waals surface area contributed by atoms with Gasteiger partial charge >= 0.3 is 0 Å². The van der Waals surface area contributed by atoms with Crippen LogP contribution in [0, 0.1) is 5.92 Å². The van der Waals surface area contributed by atoms with Crippen molar-refractivity contribution in [3.05, 3.63) is 12.3 Å². The van der Waals surface area contributed by atoms with Crippen LogP contribution >= 0.6 is 0 Å². The standard InChI is InChI=1S/C13H26N2/c1-11(2)9-14(5)10-13(4)8-7-12(3)15(13)6/h11H,3,7-10H2,1-2,4-6H3/t13-/m1/s1. The smallest absolute Gasteiger partial charge is 0.0498 e. The Morgan fingerprint density at radius 2 is 2.13 bits per heavy atom. The van der Waals surface area contributed by atoms with Gasteiger partial charge < -0.3 is 9.80 Å². The molecular weight excluding hydrogens is 184 g/mol. The summed E-state index contributed by atoms with van der Waals surface area (Å²) in [6.07, 6.45) is 2.40. The molecule has 0 spiro atoms. The Labute approximate surface area is 94.9 Å². The first-order valence-electron chi connectivity index (χ1n) is 5.95. The number of allylic oxidation sites excluding steroid dienone is 1. The van der Waals surface area contributed by atoms with Gasteiger partial charge in [0, 0.05) is 31.4 Å². The van der Waals surface area contributed by atoms with Crippen LogP contribution in [-0.2, 0) is 0 Å². The lowest BCUT2D eigenvalue weighted by atomic mass is 9.98. The van der Waals surface area contributed by atoms with E-state index in [1.54, 1.807) is 0 Å². The van der Waals surface area contributed by atoms with E-state index in [-0.39, 0.29) is 0 Å². The third-order valence-electron chi connectivity index (χ3n) is 3.52. The molecule has 88 valence electrons. The third-order valence-corrected chi connectivity index (χ3v) is 3.52. The molecule has 0 aromatic rings. The van der Waals surface area contributed by atoms with Crippen molar-refractivity contribution in [1.82, 2.24) is 9.80 Å². The Bertz CT molecular complexity index is 235. The molecule has 0 aromatic heterocycles. The highest BCUT2D eigenvalue weighted by Gasteiger charge is 2.36. The maximum atomic E-state index is 4.11. The zero-order valence-corrected chi connectivity index (χ0v) is 11.0. The lowest BCUT2D eigenvalue weighted by molar-refractivity contribution is 0.142. The Balaban J connectivity index is 2.53. The molecule has 0 saturated carbocycles. The molecule has 1 saturated heterocycles. The van der Waals surface area contributed by atoms with Gasteiger partial charge in [-0.3, -0.25) is 0 Å². The van der Waals surface area contributed by atoms with E-state index in [2.05, 4.69) is 51.2 Å². The summed E-state index contributed by atoms with van der Waals surface area (Å²) in [6.45, 7) is 13.3. The van der Waals surface area contributed by atoms with Crippen molar-refractivity contribution in [3.8, 4) is 0 Å². The van der Waals surface area contributed by atoms with E-state index in [9.17, 15) is 0 Å². The van der Waals surface area contributed by atoms with Gasteiger partial charge in [0.1, 0.15) is 0 Å². The Hall–Kier alpha value is -0.500. The maximum Gasteiger partial charge on any atom is 0.0498 e. The Kier molecular flexibility index (Phi) is 3.82. The van der Waals surface area contributed by atoms with Gasteiger partial charge in [0.2, 0.25) is 0 Å². The van der Waals surface area contributed by atoms with Gasteiger partial charge in [-0.25, -0.2) is 0 Å². The van der Waals surface area contributed by atoms with Crippen LogP contribution in [0.4, 0.5) is 0 Å². The number of hydrogen-bond acceptors (Lipinski definition) is 2. The highest BCUT2D eigenvalue weighted by atomic mass is 15.3. The van der Waals surface area contributed by atoms with Crippen LogP contribution in [0.5, 0.6) is 0 Å². The first-order valence-corrected chi connectivity index (χ1v) is 5.95. The summed E-state index contributed by atoms with van der Waals surface area (Å²) >= 11 is 0. The monoisotopic (exact) mass is 210 g/mol. The second-order valence-electron chi connectivity index (χ2n) is 5.71. The van der Waals surface area contributed by atoms with Crippen molar-refractivity contribution < 1.29 is 0 Å². The first-order chi connectivity index (χ1) is 6.85. The average molecular weight is 210 g/mol. The molecule has 1 heterocycles. The van der Waals surface area contributed by atoms with E-state index in [4.69, 9.17) is 0 Å². The highest BCUT2D eigenvalue weighted by Crippen LogP contribution is 2.34. The fourth-order valence-electron chi connectivity index (χ4n) is 2.59. The first kappa shape index (κ1) is 12.6. The van der Waals surface area contributed by atoms with E-state index < -0.39 is 0 Å². The molecule has 0 amide bonds. The van der Waals surface area contributed by atoms with Gasteiger partial charge in [0.25, 0.3) is 0 Å². The molecule has 0 N–H and O–H groups in total. The normalized spacial score (nSPS) is 27.1. The van der Waals surface area contributed by atoms with Crippen LogP contribution in [0.25, 0.3) is 0 Å². The quantitative estimate of drug-likeness (QED) is 0.703. The number of rotatable bonds is 4. The van der Waals surface area contributed by atoms with Crippen LogP contribution in [0.1, 0.15) is 33.6 Å². The number of likely N-dealkylation sites (N-methyl/N-ethyl adjacent to an activating group) is 2.